The molecule has 2 aromatic rings. The molecule has 7 heteroatoms. The smallest absolute Gasteiger partial charge is 0.166 e. The van der Waals surface area contributed by atoms with Gasteiger partial charge in [0.1, 0.15) is 12.1 Å². The Hall–Kier alpha value is -1.76. The Bertz CT molecular complexity index is 651. The first-order valence-corrected chi connectivity index (χ1v) is 7.52. The molecule has 0 radical (unpaired) electrons. The Morgan fingerprint density at radius 1 is 1.33 bits per heavy atom. The zero-order valence-corrected chi connectivity index (χ0v) is 13.1. The second-order valence-corrected chi connectivity index (χ2v) is 6.00. The van der Waals surface area contributed by atoms with Crippen LogP contribution in [0.2, 0.25) is 0 Å². The molecule has 0 bridgehead atoms. The zero-order chi connectivity index (χ0) is 14.8. The normalized spacial score (nSPS) is 18.0. The summed E-state index contributed by atoms with van der Waals surface area (Å²) in [6.45, 7) is 3.40. The second-order valence-electron chi connectivity index (χ2n) is 5.08. The standard InChI is InChI=1S/C14H15BrFN5/c1-9-4-13(19-8-18-9)20-11-2-3-21(7-11)14-12(16)5-10(15)6-17-14/h4-6,8,11H,2-3,7H2,1H3,(H,18,19,20). The van der Waals surface area contributed by atoms with E-state index in [0.29, 0.717) is 16.8 Å². The van der Waals surface area contributed by atoms with Crippen molar-refractivity contribution >= 4 is 27.6 Å². The highest BCUT2D eigenvalue weighted by molar-refractivity contribution is 9.10. The predicted octanol–water partition coefficient (Wildman–Crippen LogP) is 2.77. The van der Waals surface area contributed by atoms with E-state index in [4.69, 9.17) is 0 Å². The molecule has 1 N–H and O–H groups in total. The minimum atomic E-state index is -0.303. The average Bonchev–Trinajstić information content (AvgIpc) is 2.87. The first-order chi connectivity index (χ1) is 10.1. The van der Waals surface area contributed by atoms with Gasteiger partial charge < -0.3 is 10.2 Å². The molecule has 0 aromatic carbocycles. The number of aryl methyl sites for hydroxylation is 1. The molecule has 21 heavy (non-hydrogen) atoms. The lowest BCUT2D eigenvalue weighted by molar-refractivity contribution is 0.614. The van der Waals surface area contributed by atoms with E-state index < -0.39 is 0 Å². The third-order valence-electron chi connectivity index (χ3n) is 3.43. The van der Waals surface area contributed by atoms with Crippen LogP contribution < -0.4 is 10.2 Å². The van der Waals surface area contributed by atoms with Gasteiger partial charge in [-0.2, -0.15) is 0 Å². The first-order valence-electron chi connectivity index (χ1n) is 6.73. The van der Waals surface area contributed by atoms with Gasteiger partial charge in [-0.05, 0) is 35.3 Å². The predicted molar refractivity (Wildman–Crippen MR) is 82.9 cm³/mol. The van der Waals surface area contributed by atoms with Gasteiger partial charge in [-0.25, -0.2) is 19.3 Å². The lowest BCUT2D eigenvalue weighted by Gasteiger charge is -2.18. The van der Waals surface area contributed by atoms with E-state index in [1.54, 1.807) is 12.5 Å². The topological polar surface area (TPSA) is 53.9 Å². The van der Waals surface area contributed by atoms with Gasteiger partial charge in [0.05, 0.1) is 0 Å². The molecular formula is C14H15BrFN5. The van der Waals surface area contributed by atoms with Crippen LogP contribution in [0, 0.1) is 12.7 Å². The summed E-state index contributed by atoms with van der Waals surface area (Å²) in [5, 5.41) is 3.36. The van der Waals surface area contributed by atoms with Gasteiger partial charge in [0.25, 0.3) is 0 Å². The van der Waals surface area contributed by atoms with Gasteiger partial charge in [0, 0.05) is 41.6 Å². The van der Waals surface area contributed by atoms with Crippen LogP contribution >= 0.6 is 15.9 Å². The van der Waals surface area contributed by atoms with Crippen molar-refractivity contribution in [1.29, 1.82) is 0 Å². The van der Waals surface area contributed by atoms with E-state index in [1.807, 2.05) is 17.9 Å². The van der Waals surface area contributed by atoms with E-state index in [1.165, 1.54) is 6.07 Å². The van der Waals surface area contributed by atoms with E-state index >= 15 is 0 Å². The molecule has 110 valence electrons. The highest BCUT2D eigenvalue weighted by atomic mass is 79.9. The Morgan fingerprint density at radius 3 is 2.95 bits per heavy atom. The maximum Gasteiger partial charge on any atom is 0.166 e. The van der Waals surface area contributed by atoms with Gasteiger partial charge in [-0.15, -0.1) is 0 Å². The van der Waals surface area contributed by atoms with Crippen LogP contribution in [0.25, 0.3) is 0 Å². The third-order valence-corrected chi connectivity index (χ3v) is 3.87. The van der Waals surface area contributed by atoms with Crippen molar-refractivity contribution in [3.63, 3.8) is 0 Å². The van der Waals surface area contributed by atoms with Crippen LogP contribution in [0.4, 0.5) is 16.0 Å². The van der Waals surface area contributed by atoms with Gasteiger partial charge >= 0.3 is 0 Å². The van der Waals surface area contributed by atoms with Crippen molar-refractivity contribution in [1.82, 2.24) is 15.0 Å². The van der Waals surface area contributed by atoms with Crippen LogP contribution in [0.3, 0.4) is 0 Å². The number of halogens is 2. The lowest BCUT2D eigenvalue weighted by Crippen LogP contribution is -2.27. The Balaban J connectivity index is 1.68. The Morgan fingerprint density at radius 2 is 2.19 bits per heavy atom. The summed E-state index contributed by atoms with van der Waals surface area (Å²) >= 11 is 3.22. The molecule has 1 fully saturated rings. The summed E-state index contributed by atoms with van der Waals surface area (Å²) < 4.78 is 14.6. The van der Waals surface area contributed by atoms with Crippen molar-refractivity contribution in [2.24, 2.45) is 0 Å². The molecule has 0 saturated carbocycles. The van der Waals surface area contributed by atoms with E-state index in [9.17, 15) is 4.39 Å². The van der Waals surface area contributed by atoms with Crippen LogP contribution in [0.15, 0.2) is 29.1 Å². The van der Waals surface area contributed by atoms with Crippen LogP contribution in [0.1, 0.15) is 12.1 Å². The largest absolute Gasteiger partial charge is 0.365 e. The van der Waals surface area contributed by atoms with E-state index in [0.717, 1.165) is 24.5 Å². The number of anilines is 2. The Kier molecular flexibility index (Phi) is 4.01. The summed E-state index contributed by atoms with van der Waals surface area (Å²) in [6, 6.07) is 3.57. The molecular weight excluding hydrogens is 337 g/mol. The molecule has 0 amide bonds. The summed E-state index contributed by atoms with van der Waals surface area (Å²) in [5.41, 5.74) is 0.919. The maximum absolute atomic E-state index is 13.9. The van der Waals surface area contributed by atoms with Gasteiger partial charge in [-0.3, -0.25) is 0 Å². The number of nitrogens with one attached hydrogen (secondary N) is 1. The molecule has 1 unspecified atom stereocenters. The van der Waals surface area contributed by atoms with Crippen LogP contribution in [-0.2, 0) is 0 Å². The second kappa shape index (κ2) is 5.93. The monoisotopic (exact) mass is 351 g/mol. The van der Waals surface area contributed by atoms with Crippen molar-refractivity contribution < 1.29 is 4.39 Å². The van der Waals surface area contributed by atoms with Crippen molar-refractivity contribution in [2.45, 2.75) is 19.4 Å². The highest BCUT2D eigenvalue weighted by Gasteiger charge is 2.25. The molecule has 2 aromatic heterocycles. The van der Waals surface area contributed by atoms with E-state index in [2.05, 4.69) is 36.2 Å². The van der Waals surface area contributed by atoms with Crippen molar-refractivity contribution in [3.05, 3.63) is 40.6 Å². The summed E-state index contributed by atoms with van der Waals surface area (Å²) in [6.07, 6.45) is 4.08. The molecule has 1 saturated heterocycles. The molecule has 1 atom stereocenters. The zero-order valence-electron chi connectivity index (χ0n) is 11.6. The van der Waals surface area contributed by atoms with Crippen molar-refractivity contribution in [2.75, 3.05) is 23.3 Å². The minimum Gasteiger partial charge on any atom is -0.365 e. The molecule has 5 nitrogen and oxygen atoms in total. The molecule has 0 aliphatic carbocycles. The minimum absolute atomic E-state index is 0.226. The van der Waals surface area contributed by atoms with Crippen LogP contribution in [0.5, 0.6) is 0 Å². The summed E-state index contributed by atoms with van der Waals surface area (Å²) in [5.74, 6) is 0.905. The Labute approximate surface area is 130 Å². The fourth-order valence-corrected chi connectivity index (χ4v) is 2.76. The van der Waals surface area contributed by atoms with Crippen molar-refractivity contribution in [3.8, 4) is 0 Å². The van der Waals surface area contributed by atoms with Gasteiger partial charge in [-0.1, -0.05) is 0 Å². The summed E-state index contributed by atoms with van der Waals surface area (Å²) in [4.78, 5) is 14.4. The number of rotatable bonds is 3. The van der Waals surface area contributed by atoms with E-state index in [-0.39, 0.29) is 11.9 Å². The van der Waals surface area contributed by atoms with Gasteiger partial charge in [0.2, 0.25) is 0 Å². The lowest BCUT2D eigenvalue weighted by atomic mass is 10.2. The number of aromatic nitrogens is 3. The molecule has 3 rings (SSSR count). The molecule has 1 aliphatic heterocycles. The molecule has 0 spiro atoms. The average molecular weight is 352 g/mol. The molecule has 1 aliphatic rings. The number of hydrogen-bond acceptors (Lipinski definition) is 5. The SMILES string of the molecule is Cc1cc(NC2CCN(c3ncc(Br)cc3F)C2)ncn1. The van der Waals surface area contributed by atoms with Crippen LogP contribution in [-0.4, -0.2) is 34.1 Å². The number of nitrogens with zero attached hydrogens (tertiary/aromatic N) is 4. The maximum atomic E-state index is 13.9. The first kappa shape index (κ1) is 14.2. The third kappa shape index (κ3) is 3.29. The fraction of sp³-hybridized carbons (Fsp3) is 0.357. The van der Waals surface area contributed by atoms with Gasteiger partial charge in [0.15, 0.2) is 11.6 Å². The summed E-state index contributed by atoms with van der Waals surface area (Å²) in [7, 11) is 0. The fourth-order valence-electron chi connectivity index (χ4n) is 2.45. The number of pyridine rings is 1. The highest BCUT2D eigenvalue weighted by Crippen LogP contribution is 2.24. The number of hydrogen-bond donors (Lipinski definition) is 1. The quantitative estimate of drug-likeness (QED) is 0.921. The molecule has 3 heterocycles.